The molecule has 158 valence electrons. The Morgan fingerprint density at radius 1 is 1.10 bits per heavy atom. The Morgan fingerprint density at radius 2 is 1.90 bits per heavy atom. The summed E-state index contributed by atoms with van der Waals surface area (Å²) in [7, 11) is 0. The van der Waals surface area contributed by atoms with Crippen molar-refractivity contribution in [1.82, 2.24) is 19.7 Å². The number of nitrogens with zero attached hydrogens (tertiary/aromatic N) is 5. The average molecular weight is 425 g/mol. The van der Waals surface area contributed by atoms with Gasteiger partial charge in [-0.05, 0) is 39.3 Å². The van der Waals surface area contributed by atoms with Gasteiger partial charge in [0.15, 0.2) is 5.13 Å². The van der Waals surface area contributed by atoms with Gasteiger partial charge >= 0.3 is 0 Å². The van der Waals surface area contributed by atoms with Crippen LogP contribution in [0.4, 0.5) is 10.8 Å². The highest BCUT2D eigenvalue weighted by molar-refractivity contribution is 7.13. The van der Waals surface area contributed by atoms with Crippen LogP contribution in [-0.2, 0) is 4.79 Å². The Hall–Kier alpha value is -2.71. The molecule has 1 amide bonds. The number of aryl methyl sites for hydroxylation is 2. The second kappa shape index (κ2) is 8.97. The van der Waals surface area contributed by atoms with Gasteiger partial charge in [-0.3, -0.25) is 9.69 Å². The molecule has 1 aromatic carbocycles. The van der Waals surface area contributed by atoms with Gasteiger partial charge in [-0.15, -0.1) is 11.3 Å². The third-order valence-corrected chi connectivity index (χ3v) is 6.31. The van der Waals surface area contributed by atoms with Crippen LogP contribution >= 0.6 is 11.3 Å². The van der Waals surface area contributed by atoms with Gasteiger partial charge in [0, 0.05) is 37.8 Å². The van der Waals surface area contributed by atoms with E-state index in [9.17, 15) is 4.79 Å². The van der Waals surface area contributed by atoms with E-state index >= 15 is 0 Å². The Bertz CT molecular complexity index is 996. The van der Waals surface area contributed by atoms with Crippen LogP contribution in [0.2, 0.25) is 0 Å². The Morgan fingerprint density at radius 3 is 2.63 bits per heavy atom. The zero-order valence-electron chi connectivity index (χ0n) is 17.8. The highest BCUT2D eigenvalue weighted by Crippen LogP contribution is 2.23. The van der Waals surface area contributed by atoms with E-state index in [2.05, 4.69) is 44.3 Å². The van der Waals surface area contributed by atoms with Crippen LogP contribution in [0.1, 0.15) is 23.4 Å². The summed E-state index contributed by atoms with van der Waals surface area (Å²) < 4.78 is 1.89. The predicted octanol–water partition coefficient (Wildman–Crippen LogP) is 3.40. The van der Waals surface area contributed by atoms with E-state index in [4.69, 9.17) is 0 Å². The summed E-state index contributed by atoms with van der Waals surface area (Å²) in [6, 6.07) is 8.23. The molecule has 3 heterocycles. The molecule has 3 aromatic rings. The summed E-state index contributed by atoms with van der Waals surface area (Å²) in [4.78, 5) is 21.7. The Labute approximate surface area is 181 Å². The molecule has 30 heavy (non-hydrogen) atoms. The van der Waals surface area contributed by atoms with Gasteiger partial charge in [-0.25, -0.2) is 9.67 Å². The van der Waals surface area contributed by atoms with Crippen LogP contribution in [0.15, 0.2) is 35.8 Å². The predicted molar refractivity (Wildman–Crippen MR) is 122 cm³/mol. The van der Waals surface area contributed by atoms with E-state index in [0.717, 1.165) is 60.5 Å². The highest BCUT2D eigenvalue weighted by atomic mass is 32.1. The first-order valence-electron chi connectivity index (χ1n) is 10.3. The normalized spacial score (nSPS) is 15.2. The lowest BCUT2D eigenvalue weighted by Crippen LogP contribution is -2.36. The van der Waals surface area contributed by atoms with Crippen LogP contribution in [-0.4, -0.2) is 58.3 Å². The molecule has 0 spiro atoms. The lowest BCUT2D eigenvalue weighted by Gasteiger charge is -2.21. The molecule has 1 saturated heterocycles. The summed E-state index contributed by atoms with van der Waals surface area (Å²) in [5, 5.41) is 10.8. The molecule has 0 saturated carbocycles. The first-order valence-corrected chi connectivity index (χ1v) is 11.2. The Balaban J connectivity index is 1.39. The molecule has 0 radical (unpaired) electrons. The van der Waals surface area contributed by atoms with E-state index in [1.807, 2.05) is 42.2 Å². The van der Waals surface area contributed by atoms with Crippen molar-refractivity contribution < 1.29 is 4.79 Å². The lowest BCUT2D eigenvalue weighted by molar-refractivity contribution is -0.117. The molecule has 8 heteroatoms. The van der Waals surface area contributed by atoms with Crippen molar-refractivity contribution in [2.75, 3.05) is 42.9 Å². The summed E-state index contributed by atoms with van der Waals surface area (Å²) in [6.45, 7) is 10.0. The standard InChI is InChI=1S/C22H28N6OS/c1-16-5-7-19(8-6-16)28-18(3)21(17(2)25-28)24-20(29)15-26-10-4-11-27(13-12-26)22-23-9-14-30-22/h5-9,14H,4,10-13,15H2,1-3H3,(H,24,29). The quantitative estimate of drug-likeness (QED) is 0.680. The van der Waals surface area contributed by atoms with E-state index < -0.39 is 0 Å². The number of hydrogen-bond acceptors (Lipinski definition) is 6. The number of carbonyl (C=O) groups excluding carboxylic acids is 1. The fourth-order valence-electron chi connectivity index (χ4n) is 3.84. The number of aromatic nitrogens is 3. The number of carbonyl (C=O) groups is 1. The van der Waals surface area contributed by atoms with Crippen molar-refractivity contribution in [3.8, 4) is 5.69 Å². The minimum Gasteiger partial charge on any atom is -0.347 e. The maximum Gasteiger partial charge on any atom is 0.238 e. The van der Waals surface area contributed by atoms with E-state index in [1.54, 1.807) is 11.3 Å². The molecule has 2 aromatic heterocycles. The van der Waals surface area contributed by atoms with Gasteiger partial charge in [0.2, 0.25) is 5.91 Å². The van der Waals surface area contributed by atoms with Gasteiger partial charge in [-0.2, -0.15) is 5.10 Å². The minimum absolute atomic E-state index is 0.00681. The van der Waals surface area contributed by atoms with Crippen LogP contribution in [0.3, 0.4) is 0 Å². The van der Waals surface area contributed by atoms with Gasteiger partial charge in [0.05, 0.1) is 29.3 Å². The van der Waals surface area contributed by atoms with Crippen LogP contribution < -0.4 is 10.2 Å². The van der Waals surface area contributed by atoms with E-state index in [-0.39, 0.29) is 5.91 Å². The third kappa shape index (κ3) is 4.55. The van der Waals surface area contributed by atoms with Gasteiger partial charge < -0.3 is 10.2 Å². The molecule has 1 aliphatic heterocycles. The topological polar surface area (TPSA) is 66.3 Å². The van der Waals surface area contributed by atoms with Gasteiger partial charge in [0.25, 0.3) is 0 Å². The van der Waals surface area contributed by atoms with Crippen molar-refractivity contribution in [3.63, 3.8) is 0 Å². The minimum atomic E-state index is 0.00681. The van der Waals surface area contributed by atoms with E-state index in [0.29, 0.717) is 6.54 Å². The van der Waals surface area contributed by atoms with Crippen molar-refractivity contribution in [2.45, 2.75) is 27.2 Å². The number of benzene rings is 1. The second-order valence-corrected chi connectivity index (χ2v) is 8.65. The van der Waals surface area contributed by atoms with Crippen molar-refractivity contribution in [2.24, 2.45) is 0 Å². The molecule has 1 fully saturated rings. The summed E-state index contributed by atoms with van der Waals surface area (Å²) >= 11 is 1.67. The van der Waals surface area contributed by atoms with Gasteiger partial charge in [0.1, 0.15) is 0 Å². The molecule has 1 aliphatic rings. The molecule has 4 rings (SSSR count). The van der Waals surface area contributed by atoms with Crippen LogP contribution in [0.25, 0.3) is 5.69 Å². The Kier molecular flexibility index (Phi) is 6.15. The molecular weight excluding hydrogens is 396 g/mol. The number of anilines is 2. The van der Waals surface area contributed by atoms with Crippen LogP contribution in [0, 0.1) is 20.8 Å². The van der Waals surface area contributed by atoms with E-state index in [1.165, 1.54) is 5.56 Å². The molecule has 7 nitrogen and oxygen atoms in total. The monoisotopic (exact) mass is 424 g/mol. The summed E-state index contributed by atoms with van der Waals surface area (Å²) in [5.74, 6) is 0.00681. The fourth-order valence-corrected chi connectivity index (χ4v) is 4.53. The zero-order chi connectivity index (χ0) is 21.1. The summed E-state index contributed by atoms with van der Waals surface area (Å²) in [5.41, 5.74) is 4.78. The lowest BCUT2D eigenvalue weighted by atomic mass is 10.2. The summed E-state index contributed by atoms with van der Waals surface area (Å²) in [6.07, 6.45) is 2.87. The molecule has 1 N–H and O–H groups in total. The molecular formula is C22H28N6OS. The maximum atomic E-state index is 12.8. The second-order valence-electron chi connectivity index (χ2n) is 7.77. The molecule has 0 aliphatic carbocycles. The van der Waals surface area contributed by atoms with Crippen molar-refractivity contribution in [3.05, 3.63) is 52.8 Å². The first-order chi connectivity index (χ1) is 14.5. The molecule has 0 atom stereocenters. The van der Waals surface area contributed by atoms with Crippen molar-refractivity contribution in [1.29, 1.82) is 0 Å². The number of rotatable bonds is 5. The number of thiazole rings is 1. The zero-order valence-corrected chi connectivity index (χ0v) is 18.6. The highest BCUT2D eigenvalue weighted by Gasteiger charge is 2.20. The van der Waals surface area contributed by atoms with Gasteiger partial charge in [-0.1, -0.05) is 17.7 Å². The maximum absolute atomic E-state index is 12.8. The molecule has 0 unspecified atom stereocenters. The number of nitrogens with one attached hydrogen (secondary N) is 1. The third-order valence-electron chi connectivity index (χ3n) is 5.48. The molecule has 0 bridgehead atoms. The van der Waals surface area contributed by atoms with Crippen molar-refractivity contribution >= 4 is 28.1 Å². The largest absolute Gasteiger partial charge is 0.347 e. The smallest absolute Gasteiger partial charge is 0.238 e. The average Bonchev–Trinajstić information content (AvgIpc) is 3.28. The number of amides is 1. The van der Waals surface area contributed by atoms with Crippen LogP contribution in [0.5, 0.6) is 0 Å². The fraction of sp³-hybridized carbons (Fsp3) is 0.409. The first kappa shape index (κ1) is 20.6. The SMILES string of the molecule is Cc1ccc(-n2nc(C)c(NC(=O)CN3CCCN(c4nccs4)CC3)c2C)cc1. The number of hydrogen-bond donors (Lipinski definition) is 1.